The lowest BCUT2D eigenvalue weighted by atomic mass is 9.86. The number of hydrogen-bond donors (Lipinski definition) is 0. The maximum atomic E-state index is 13.4. The van der Waals surface area contributed by atoms with Gasteiger partial charge in [-0.25, -0.2) is 4.39 Å². The van der Waals surface area contributed by atoms with Gasteiger partial charge in [-0.3, -0.25) is 0 Å². The molecule has 1 nitrogen and oxygen atoms in total. The van der Waals surface area contributed by atoms with Gasteiger partial charge in [0.05, 0.1) is 4.75 Å². The second-order valence-electron chi connectivity index (χ2n) is 6.85. The van der Waals surface area contributed by atoms with Crippen molar-refractivity contribution < 1.29 is 4.39 Å². The number of aryl methyl sites for hydroxylation is 1. The van der Waals surface area contributed by atoms with E-state index in [0.717, 1.165) is 18.5 Å². The number of rotatable bonds is 4. The van der Waals surface area contributed by atoms with Gasteiger partial charge in [-0.05, 0) is 69.3 Å². The Morgan fingerprint density at radius 1 is 1.12 bits per heavy atom. The smallest absolute Gasteiger partial charge is 0.123 e. The van der Waals surface area contributed by atoms with E-state index in [1.807, 2.05) is 23.9 Å². The van der Waals surface area contributed by atoms with E-state index in [2.05, 4.69) is 57.1 Å². The fourth-order valence-electron chi connectivity index (χ4n) is 3.23. The van der Waals surface area contributed by atoms with Gasteiger partial charge in [-0.2, -0.15) is 0 Å². The number of thioether (sulfide) groups is 1. The molecule has 1 aliphatic heterocycles. The molecule has 2 aromatic carbocycles. The van der Waals surface area contributed by atoms with Crippen molar-refractivity contribution >= 4 is 17.3 Å². The molecule has 1 heterocycles. The van der Waals surface area contributed by atoms with E-state index < -0.39 is 0 Å². The first-order valence-electron chi connectivity index (χ1n) is 8.31. The van der Waals surface area contributed by atoms with Crippen LogP contribution in [0, 0.1) is 12.7 Å². The molecule has 2 aromatic rings. The third kappa shape index (κ3) is 3.28. The Morgan fingerprint density at radius 2 is 1.83 bits per heavy atom. The predicted molar refractivity (Wildman–Crippen MR) is 102 cm³/mol. The lowest BCUT2D eigenvalue weighted by Gasteiger charge is -2.26. The van der Waals surface area contributed by atoms with Gasteiger partial charge < -0.3 is 4.90 Å². The van der Waals surface area contributed by atoms with Crippen LogP contribution in [0.25, 0.3) is 5.57 Å². The minimum atomic E-state index is -0.183. The lowest BCUT2D eigenvalue weighted by molar-refractivity contribution is 0.417. The molecular weight excluding hydrogens is 317 g/mol. The fraction of sp³-hybridized carbons (Fsp3) is 0.333. The Hall–Kier alpha value is -1.58. The Kier molecular flexibility index (Phi) is 4.84. The van der Waals surface area contributed by atoms with Crippen LogP contribution in [-0.2, 0) is 4.75 Å². The molecule has 0 fully saturated rings. The highest BCUT2D eigenvalue weighted by Crippen LogP contribution is 2.58. The molecular formula is C21H24FNS. The maximum Gasteiger partial charge on any atom is 0.123 e. The number of hydrogen-bond acceptors (Lipinski definition) is 2. The summed E-state index contributed by atoms with van der Waals surface area (Å²) in [6.07, 6.45) is 3.37. The van der Waals surface area contributed by atoms with Crippen LogP contribution in [-0.4, -0.2) is 25.5 Å². The summed E-state index contributed by atoms with van der Waals surface area (Å²) in [5.74, 6) is -0.183. The molecule has 0 radical (unpaired) electrons. The van der Waals surface area contributed by atoms with Crippen LogP contribution in [0.1, 0.15) is 30.0 Å². The van der Waals surface area contributed by atoms with Crippen LogP contribution in [0.3, 0.4) is 0 Å². The topological polar surface area (TPSA) is 3.24 Å². The molecule has 0 aliphatic carbocycles. The van der Waals surface area contributed by atoms with Gasteiger partial charge >= 0.3 is 0 Å². The Balaban J connectivity index is 2.06. The highest BCUT2D eigenvalue weighted by atomic mass is 32.2. The van der Waals surface area contributed by atoms with Crippen LogP contribution in [0.2, 0.25) is 0 Å². The van der Waals surface area contributed by atoms with Crippen molar-refractivity contribution in [2.24, 2.45) is 0 Å². The minimum absolute atomic E-state index is 0.170. The number of benzene rings is 2. The molecule has 0 aromatic heterocycles. The first-order chi connectivity index (χ1) is 11.4. The summed E-state index contributed by atoms with van der Waals surface area (Å²) in [5, 5.41) is 0. The molecule has 3 rings (SSSR count). The summed E-state index contributed by atoms with van der Waals surface area (Å²) in [6.45, 7) is 5.41. The van der Waals surface area contributed by atoms with Crippen LogP contribution in [0.15, 0.2) is 53.4 Å². The molecule has 0 saturated carbocycles. The average Bonchev–Trinajstić information content (AvgIpc) is 2.81. The normalized spacial score (nSPS) is 21.5. The van der Waals surface area contributed by atoms with Gasteiger partial charge in [0.15, 0.2) is 0 Å². The minimum Gasteiger partial charge on any atom is -0.309 e. The summed E-state index contributed by atoms with van der Waals surface area (Å²) in [6, 6.07) is 13.6. The monoisotopic (exact) mass is 341 g/mol. The van der Waals surface area contributed by atoms with E-state index in [1.165, 1.54) is 21.6 Å². The standard InChI is InChI=1S/C21H24FNS/c1-15-7-12-20-18(14-15)19(6-5-13-23(3)4)21(2,24-20)16-8-10-17(22)11-9-16/h6-12,14H,5,13H2,1-4H3. The van der Waals surface area contributed by atoms with E-state index in [1.54, 1.807) is 12.1 Å². The van der Waals surface area contributed by atoms with E-state index in [9.17, 15) is 4.39 Å². The first-order valence-corrected chi connectivity index (χ1v) is 9.13. The van der Waals surface area contributed by atoms with Crippen LogP contribution < -0.4 is 0 Å². The van der Waals surface area contributed by atoms with Gasteiger partial charge in [-0.15, -0.1) is 11.8 Å². The third-order valence-corrected chi connectivity index (χ3v) is 6.01. The molecule has 1 unspecified atom stereocenters. The molecule has 24 heavy (non-hydrogen) atoms. The van der Waals surface area contributed by atoms with Crippen molar-refractivity contribution in [1.29, 1.82) is 0 Å². The number of nitrogens with zero attached hydrogens (tertiary/aromatic N) is 1. The zero-order valence-electron chi connectivity index (χ0n) is 14.8. The van der Waals surface area contributed by atoms with Gasteiger partial charge in [0.25, 0.3) is 0 Å². The molecule has 0 saturated heterocycles. The second-order valence-corrected chi connectivity index (χ2v) is 8.31. The van der Waals surface area contributed by atoms with Crippen molar-refractivity contribution in [3.8, 4) is 0 Å². The average molecular weight is 341 g/mol. The Bertz CT molecular complexity index is 764. The summed E-state index contributed by atoms with van der Waals surface area (Å²) in [4.78, 5) is 3.51. The summed E-state index contributed by atoms with van der Waals surface area (Å²) < 4.78 is 13.2. The number of fused-ring (bicyclic) bond motifs is 1. The Morgan fingerprint density at radius 3 is 2.50 bits per heavy atom. The summed E-state index contributed by atoms with van der Waals surface area (Å²) in [5.41, 5.74) is 5.10. The number of halogens is 1. The summed E-state index contributed by atoms with van der Waals surface area (Å²) in [7, 11) is 4.19. The van der Waals surface area contributed by atoms with Crippen molar-refractivity contribution in [2.45, 2.75) is 29.9 Å². The molecule has 1 atom stereocenters. The summed E-state index contributed by atoms with van der Waals surface area (Å²) >= 11 is 1.87. The Labute approximate surface area is 148 Å². The molecule has 126 valence electrons. The van der Waals surface area contributed by atoms with Crippen molar-refractivity contribution in [3.05, 3.63) is 71.0 Å². The van der Waals surface area contributed by atoms with Crippen LogP contribution in [0.5, 0.6) is 0 Å². The van der Waals surface area contributed by atoms with Crippen molar-refractivity contribution in [3.63, 3.8) is 0 Å². The first kappa shape index (κ1) is 17.2. The fourth-order valence-corrected chi connectivity index (χ4v) is 4.64. The molecule has 0 spiro atoms. The SMILES string of the molecule is Cc1ccc2c(c1)C(=CCCN(C)C)C(C)(c1ccc(F)cc1)S2. The molecule has 0 bridgehead atoms. The maximum absolute atomic E-state index is 13.4. The molecule has 1 aliphatic rings. The second kappa shape index (κ2) is 6.73. The lowest BCUT2D eigenvalue weighted by Crippen LogP contribution is -2.16. The zero-order valence-corrected chi connectivity index (χ0v) is 15.6. The zero-order chi connectivity index (χ0) is 17.3. The molecule has 3 heteroatoms. The van der Waals surface area contributed by atoms with Gasteiger partial charge in [-0.1, -0.05) is 35.9 Å². The largest absolute Gasteiger partial charge is 0.309 e. The van der Waals surface area contributed by atoms with Gasteiger partial charge in [0.2, 0.25) is 0 Å². The van der Waals surface area contributed by atoms with Crippen molar-refractivity contribution in [2.75, 3.05) is 20.6 Å². The van der Waals surface area contributed by atoms with E-state index in [-0.39, 0.29) is 10.6 Å². The highest BCUT2D eigenvalue weighted by Gasteiger charge is 2.40. The van der Waals surface area contributed by atoms with Crippen LogP contribution >= 0.6 is 11.8 Å². The van der Waals surface area contributed by atoms with Gasteiger partial charge in [0.1, 0.15) is 5.82 Å². The quantitative estimate of drug-likeness (QED) is 0.723. The van der Waals surface area contributed by atoms with Crippen LogP contribution in [0.4, 0.5) is 4.39 Å². The van der Waals surface area contributed by atoms with Crippen molar-refractivity contribution in [1.82, 2.24) is 4.90 Å². The predicted octanol–water partition coefficient (Wildman–Crippen LogP) is 5.49. The van der Waals surface area contributed by atoms with E-state index >= 15 is 0 Å². The molecule has 0 amide bonds. The van der Waals surface area contributed by atoms with Gasteiger partial charge in [0, 0.05) is 11.4 Å². The highest BCUT2D eigenvalue weighted by molar-refractivity contribution is 8.01. The molecule has 0 N–H and O–H groups in total. The third-order valence-electron chi connectivity index (χ3n) is 4.57. The van der Waals surface area contributed by atoms with E-state index in [4.69, 9.17) is 0 Å². The van der Waals surface area contributed by atoms with E-state index in [0.29, 0.717) is 0 Å².